The fourth-order valence-electron chi connectivity index (χ4n) is 2.65. The molecule has 0 bridgehead atoms. The molecule has 0 aliphatic rings. The standard InChI is InChI=1S/C22H15NO2/c24-20-14-22(25-21-9-5-4-8-19(20)21)17-10-12-18(13-11-17)23-15-16-6-2-1-3-7-16/h1-15H. The van der Waals surface area contributed by atoms with Crippen molar-refractivity contribution in [1.82, 2.24) is 0 Å². The topological polar surface area (TPSA) is 42.6 Å². The van der Waals surface area contributed by atoms with Gasteiger partial charge < -0.3 is 4.42 Å². The van der Waals surface area contributed by atoms with Gasteiger partial charge in [0.05, 0.1) is 11.1 Å². The van der Waals surface area contributed by atoms with Gasteiger partial charge in [-0.25, -0.2) is 0 Å². The van der Waals surface area contributed by atoms with Gasteiger partial charge >= 0.3 is 0 Å². The minimum Gasteiger partial charge on any atom is -0.456 e. The van der Waals surface area contributed by atoms with Crippen molar-refractivity contribution in [3.05, 3.63) is 101 Å². The predicted octanol–water partition coefficient (Wildman–Crippen LogP) is 5.21. The van der Waals surface area contributed by atoms with E-state index in [2.05, 4.69) is 4.99 Å². The summed E-state index contributed by atoms with van der Waals surface area (Å²) in [6.07, 6.45) is 1.82. The molecule has 0 amide bonds. The second kappa shape index (κ2) is 6.57. The molecule has 3 aromatic carbocycles. The van der Waals surface area contributed by atoms with Crippen LogP contribution in [0.15, 0.2) is 99.1 Å². The van der Waals surface area contributed by atoms with E-state index in [9.17, 15) is 4.79 Å². The van der Waals surface area contributed by atoms with Crippen molar-refractivity contribution in [3.63, 3.8) is 0 Å². The van der Waals surface area contributed by atoms with Gasteiger partial charge in [0.2, 0.25) is 0 Å². The first-order valence-electron chi connectivity index (χ1n) is 8.02. The maximum absolute atomic E-state index is 12.2. The molecule has 1 aromatic heterocycles. The highest BCUT2D eigenvalue weighted by Gasteiger charge is 2.06. The van der Waals surface area contributed by atoms with Gasteiger partial charge in [0.15, 0.2) is 5.43 Å². The molecular weight excluding hydrogens is 310 g/mol. The van der Waals surface area contributed by atoms with Crippen LogP contribution in [0.1, 0.15) is 5.56 Å². The van der Waals surface area contributed by atoms with Crippen LogP contribution in [0.25, 0.3) is 22.3 Å². The summed E-state index contributed by atoms with van der Waals surface area (Å²) in [6, 6.07) is 26.4. The van der Waals surface area contributed by atoms with Crippen molar-refractivity contribution in [2.45, 2.75) is 0 Å². The number of para-hydroxylation sites is 1. The average Bonchev–Trinajstić information content (AvgIpc) is 2.68. The lowest BCUT2D eigenvalue weighted by Crippen LogP contribution is -1.99. The van der Waals surface area contributed by atoms with E-state index in [1.165, 1.54) is 6.07 Å². The fraction of sp³-hybridized carbons (Fsp3) is 0. The first-order chi connectivity index (χ1) is 12.3. The molecule has 0 saturated carbocycles. The predicted molar refractivity (Wildman–Crippen MR) is 102 cm³/mol. The zero-order valence-electron chi connectivity index (χ0n) is 13.4. The van der Waals surface area contributed by atoms with Crippen molar-refractivity contribution in [1.29, 1.82) is 0 Å². The van der Waals surface area contributed by atoms with Gasteiger partial charge in [0.1, 0.15) is 11.3 Å². The molecule has 0 N–H and O–H groups in total. The zero-order valence-corrected chi connectivity index (χ0v) is 13.4. The summed E-state index contributed by atoms with van der Waals surface area (Å²) in [5.41, 5.74) is 3.29. The first-order valence-corrected chi connectivity index (χ1v) is 8.02. The third-order valence-corrected chi connectivity index (χ3v) is 3.95. The van der Waals surface area contributed by atoms with E-state index in [0.29, 0.717) is 16.7 Å². The molecule has 4 rings (SSSR count). The number of nitrogens with zero attached hydrogens (tertiary/aromatic N) is 1. The van der Waals surface area contributed by atoms with Crippen molar-refractivity contribution < 1.29 is 4.42 Å². The average molecular weight is 325 g/mol. The number of aliphatic imine (C=N–C) groups is 1. The third kappa shape index (κ3) is 3.26. The lowest BCUT2D eigenvalue weighted by atomic mass is 10.1. The zero-order chi connectivity index (χ0) is 17.1. The third-order valence-electron chi connectivity index (χ3n) is 3.95. The Bertz CT molecular complexity index is 1090. The minimum atomic E-state index is -0.0389. The molecule has 120 valence electrons. The Labute approximate surface area is 144 Å². The fourth-order valence-corrected chi connectivity index (χ4v) is 2.65. The summed E-state index contributed by atoms with van der Waals surface area (Å²) < 4.78 is 5.86. The molecule has 0 aliphatic heterocycles. The van der Waals surface area contributed by atoms with Crippen molar-refractivity contribution >= 4 is 22.9 Å². The van der Waals surface area contributed by atoms with Crippen LogP contribution < -0.4 is 5.43 Å². The molecule has 0 saturated heterocycles. The monoisotopic (exact) mass is 325 g/mol. The van der Waals surface area contributed by atoms with Crippen LogP contribution in [0.2, 0.25) is 0 Å². The lowest BCUT2D eigenvalue weighted by molar-refractivity contribution is 0.619. The van der Waals surface area contributed by atoms with Crippen molar-refractivity contribution in [2.24, 2.45) is 4.99 Å². The van der Waals surface area contributed by atoms with E-state index < -0.39 is 0 Å². The Morgan fingerprint density at radius 2 is 1.52 bits per heavy atom. The quantitative estimate of drug-likeness (QED) is 0.485. The van der Waals surface area contributed by atoms with Gasteiger partial charge in [-0.05, 0) is 42.0 Å². The van der Waals surface area contributed by atoms with E-state index in [1.807, 2.05) is 72.9 Å². The second-order valence-electron chi connectivity index (χ2n) is 5.69. The van der Waals surface area contributed by atoms with Crippen molar-refractivity contribution in [2.75, 3.05) is 0 Å². The normalized spacial score (nSPS) is 11.2. The Kier molecular flexibility index (Phi) is 3.97. The Morgan fingerprint density at radius 3 is 2.32 bits per heavy atom. The van der Waals surface area contributed by atoms with Gasteiger partial charge in [-0.3, -0.25) is 9.79 Å². The van der Waals surface area contributed by atoms with Gasteiger partial charge in [0, 0.05) is 17.8 Å². The second-order valence-corrected chi connectivity index (χ2v) is 5.69. The molecule has 0 spiro atoms. The van der Waals surface area contributed by atoms with E-state index in [-0.39, 0.29) is 5.43 Å². The van der Waals surface area contributed by atoms with Crippen LogP contribution in [-0.4, -0.2) is 6.21 Å². The SMILES string of the molecule is O=c1cc(-c2ccc(N=Cc3ccccc3)cc2)oc2ccccc12. The summed E-state index contributed by atoms with van der Waals surface area (Å²) >= 11 is 0. The minimum absolute atomic E-state index is 0.0389. The van der Waals surface area contributed by atoms with Crippen LogP contribution in [0.5, 0.6) is 0 Å². The molecule has 0 aliphatic carbocycles. The summed E-state index contributed by atoms with van der Waals surface area (Å²) in [6.45, 7) is 0. The Hall–Kier alpha value is -3.46. The van der Waals surface area contributed by atoms with Gasteiger partial charge in [-0.2, -0.15) is 0 Å². The van der Waals surface area contributed by atoms with E-state index in [1.54, 1.807) is 12.1 Å². The molecule has 3 nitrogen and oxygen atoms in total. The summed E-state index contributed by atoms with van der Waals surface area (Å²) in [5.74, 6) is 0.558. The van der Waals surface area contributed by atoms with E-state index in [4.69, 9.17) is 4.42 Å². The van der Waals surface area contributed by atoms with Gasteiger partial charge in [0.25, 0.3) is 0 Å². The molecule has 0 radical (unpaired) electrons. The largest absolute Gasteiger partial charge is 0.456 e. The molecule has 0 fully saturated rings. The van der Waals surface area contributed by atoms with Crippen LogP contribution in [0.4, 0.5) is 5.69 Å². The van der Waals surface area contributed by atoms with Gasteiger partial charge in [-0.1, -0.05) is 42.5 Å². The van der Waals surface area contributed by atoms with Crippen LogP contribution >= 0.6 is 0 Å². The molecule has 0 atom stereocenters. The summed E-state index contributed by atoms with van der Waals surface area (Å²) in [7, 11) is 0. The number of hydrogen-bond donors (Lipinski definition) is 0. The van der Waals surface area contributed by atoms with Crippen LogP contribution in [-0.2, 0) is 0 Å². The maximum Gasteiger partial charge on any atom is 0.193 e. The molecule has 25 heavy (non-hydrogen) atoms. The number of hydrogen-bond acceptors (Lipinski definition) is 3. The maximum atomic E-state index is 12.2. The molecular formula is C22H15NO2. The van der Waals surface area contributed by atoms with Crippen LogP contribution in [0.3, 0.4) is 0 Å². The molecule has 3 heteroatoms. The molecule has 0 unspecified atom stereocenters. The van der Waals surface area contributed by atoms with E-state index >= 15 is 0 Å². The first kappa shape index (κ1) is 15.1. The van der Waals surface area contributed by atoms with Crippen LogP contribution in [0, 0.1) is 0 Å². The highest BCUT2D eigenvalue weighted by molar-refractivity contribution is 5.82. The summed E-state index contributed by atoms with van der Waals surface area (Å²) in [5, 5.41) is 0.593. The molecule has 1 heterocycles. The highest BCUT2D eigenvalue weighted by atomic mass is 16.3. The number of rotatable bonds is 3. The van der Waals surface area contributed by atoms with E-state index in [0.717, 1.165) is 16.8 Å². The highest BCUT2D eigenvalue weighted by Crippen LogP contribution is 2.24. The number of benzene rings is 3. The van der Waals surface area contributed by atoms with Gasteiger partial charge in [-0.15, -0.1) is 0 Å². The smallest absolute Gasteiger partial charge is 0.193 e. The molecule has 4 aromatic rings. The lowest BCUT2D eigenvalue weighted by Gasteiger charge is -2.03. The number of fused-ring (bicyclic) bond motifs is 1. The van der Waals surface area contributed by atoms with Crippen molar-refractivity contribution in [3.8, 4) is 11.3 Å². The summed E-state index contributed by atoms with van der Waals surface area (Å²) in [4.78, 5) is 16.7. The Morgan fingerprint density at radius 1 is 0.800 bits per heavy atom. The Balaban J connectivity index is 1.64.